The summed E-state index contributed by atoms with van der Waals surface area (Å²) in [5, 5.41) is 3.04. The number of rotatable bonds is 10. The molecule has 0 aliphatic heterocycles. The van der Waals surface area contributed by atoms with E-state index in [4.69, 9.17) is 4.74 Å². The predicted molar refractivity (Wildman–Crippen MR) is 132 cm³/mol. The molecule has 0 saturated heterocycles. The molecule has 174 valence electrons. The van der Waals surface area contributed by atoms with E-state index in [1.165, 1.54) is 5.56 Å². The van der Waals surface area contributed by atoms with Crippen molar-refractivity contribution in [2.45, 2.75) is 70.5 Å². The Hall–Kier alpha value is -2.47. The highest BCUT2D eigenvalue weighted by molar-refractivity contribution is 7.99. The largest absolute Gasteiger partial charge is 0.497 e. The number of hydrogen-bond donors (Lipinski definition) is 1. The zero-order valence-electron chi connectivity index (χ0n) is 20.1. The lowest BCUT2D eigenvalue weighted by molar-refractivity contribution is -0.141. The molecule has 0 spiro atoms. The number of benzene rings is 2. The number of amides is 2. The molecule has 1 N–H and O–H groups in total. The summed E-state index contributed by atoms with van der Waals surface area (Å²) in [5.41, 5.74) is 1.78. The number of methoxy groups -OCH3 is 1. The number of ether oxygens (including phenoxy) is 1. The molecule has 0 radical (unpaired) electrons. The van der Waals surface area contributed by atoms with E-state index in [9.17, 15) is 9.59 Å². The van der Waals surface area contributed by atoms with Crippen LogP contribution in [-0.2, 0) is 16.1 Å². The van der Waals surface area contributed by atoms with Crippen LogP contribution >= 0.6 is 11.8 Å². The maximum atomic E-state index is 13.3. The number of aryl methyl sites for hydroxylation is 1. The summed E-state index contributed by atoms with van der Waals surface area (Å²) in [6.07, 6.45) is 0.907. The highest BCUT2D eigenvalue weighted by Crippen LogP contribution is 2.22. The molecule has 1 atom stereocenters. The molecule has 6 heteroatoms. The SMILES string of the molecule is CCC(C(=O)NC(C)(C)C)N(Cc1cccc(OC)c1)C(=O)CCSc1ccc(C)cc1. The fraction of sp³-hybridized carbons (Fsp3) is 0.462. The van der Waals surface area contributed by atoms with E-state index < -0.39 is 6.04 Å². The van der Waals surface area contributed by atoms with Crippen molar-refractivity contribution in [3.8, 4) is 5.75 Å². The highest BCUT2D eigenvalue weighted by atomic mass is 32.2. The number of carbonyl (C=O) groups is 2. The molecule has 1 unspecified atom stereocenters. The van der Waals surface area contributed by atoms with Crippen LogP contribution in [0.1, 0.15) is 51.7 Å². The van der Waals surface area contributed by atoms with Gasteiger partial charge >= 0.3 is 0 Å². The van der Waals surface area contributed by atoms with Gasteiger partial charge in [0.25, 0.3) is 0 Å². The van der Waals surface area contributed by atoms with Crippen molar-refractivity contribution in [3.63, 3.8) is 0 Å². The molecule has 2 aromatic rings. The quantitative estimate of drug-likeness (QED) is 0.499. The maximum Gasteiger partial charge on any atom is 0.243 e. The lowest BCUT2D eigenvalue weighted by Crippen LogP contribution is -2.53. The van der Waals surface area contributed by atoms with Gasteiger partial charge in [0.15, 0.2) is 0 Å². The standard InChI is InChI=1S/C26H36N2O3S/c1-7-23(25(30)27-26(3,4)5)28(18-20-9-8-10-21(17-20)31-6)24(29)15-16-32-22-13-11-19(2)12-14-22/h8-14,17,23H,7,15-16,18H2,1-6H3,(H,27,30). The van der Waals surface area contributed by atoms with Gasteiger partial charge in [-0.3, -0.25) is 9.59 Å². The summed E-state index contributed by atoms with van der Waals surface area (Å²) < 4.78 is 5.33. The summed E-state index contributed by atoms with van der Waals surface area (Å²) in [6, 6.07) is 15.4. The summed E-state index contributed by atoms with van der Waals surface area (Å²) >= 11 is 1.66. The van der Waals surface area contributed by atoms with E-state index in [0.29, 0.717) is 25.1 Å². The normalized spacial score (nSPS) is 12.2. The second kappa shape index (κ2) is 12.0. The molecular formula is C26H36N2O3S. The van der Waals surface area contributed by atoms with Crippen LogP contribution < -0.4 is 10.1 Å². The predicted octanol–water partition coefficient (Wildman–Crippen LogP) is 5.21. The molecule has 5 nitrogen and oxygen atoms in total. The Bertz CT molecular complexity index is 891. The molecule has 0 bridgehead atoms. The summed E-state index contributed by atoms with van der Waals surface area (Å²) in [4.78, 5) is 29.2. The first-order chi connectivity index (χ1) is 15.1. The fourth-order valence-electron chi connectivity index (χ4n) is 3.37. The number of carbonyl (C=O) groups excluding carboxylic acids is 2. The zero-order chi connectivity index (χ0) is 23.7. The minimum absolute atomic E-state index is 0.0247. The molecular weight excluding hydrogens is 420 g/mol. The summed E-state index contributed by atoms with van der Waals surface area (Å²) in [6.45, 7) is 10.2. The van der Waals surface area contributed by atoms with Gasteiger partial charge in [0.2, 0.25) is 11.8 Å². The third kappa shape index (κ3) is 8.23. The number of nitrogens with zero attached hydrogens (tertiary/aromatic N) is 1. The molecule has 32 heavy (non-hydrogen) atoms. The van der Waals surface area contributed by atoms with Crippen LogP contribution in [0.5, 0.6) is 5.75 Å². The fourth-order valence-corrected chi connectivity index (χ4v) is 4.22. The Labute approximate surface area is 196 Å². The third-order valence-corrected chi connectivity index (χ3v) is 5.99. The van der Waals surface area contributed by atoms with Crippen molar-refractivity contribution in [1.29, 1.82) is 0 Å². The van der Waals surface area contributed by atoms with Crippen molar-refractivity contribution < 1.29 is 14.3 Å². The molecule has 0 heterocycles. The van der Waals surface area contributed by atoms with Gasteiger partial charge < -0.3 is 15.0 Å². The van der Waals surface area contributed by atoms with Gasteiger partial charge in [-0.1, -0.05) is 36.8 Å². The molecule has 0 aliphatic rings. The van der Waals surface area contributed by atoms with Gasteiger partial charge in [-0.05, 0) is 63.9 Å². The Morgan fingerprint density at radius 1 is 1.12 bits per heavy atom. The summed E-state index contributed by atoms with van der Waals surface area (Å²) in [7, 11) is 1.62. The Morgan fingerprint density at radius 3 is 2.41 bits per heavy atom. The van der Waals surface area contributed by atoms with Gasteiger partial charge in [-0.2, -0.15) is 0 Å². The molecule has 2 amide bonds. The van der Waals surface area contributed by atoms with Crippen molar-refractivity contribution in [1.82, 2.24) is 10.2 Å². The van der Waals surface area contributed by atoms with Crippen LogP contribution in [0.15, 0.2) is 53.4 Å². The van der Waals surface area contributed by atoms with Gasteiger partial charge in [0, 0.05) is 29.2 Å². The van der Waals surface area contributed by atoms with Crippen molar-refractivity contribution in [3.05, 3.63) is 59.7 Å². The van der Waals surface area contributed by atoms with E-state index in [2.05, 4.69) is 36.5 Å². The van der Waals surface area contributed by atoms with E-state index in [1.54, 1.807) is 23.8 Å². The zero-order valence-corrected chi connectivity index (χ0v) is 20.9. The first-order valence-corrected chi connectivity index (χ1v) is 12.1. The molecule has 0 aliphatic carbocycles. The van der Waals surface area contributed by atoms with E-state index in [-0.39, 0.29) is 17.4 Å². The molecule has 2 aromatic carbocycles. The van der Waals surface area contributed by atoms with Crippen LogP contribution in [0.4, 0.5) is 0 Å². The van der Waals surface area contributed by atoms with Gasteiger partial charge in [0.1, 0.15) is 11.8 Å². The van der Waals surface area contributed by atoms with Crippen LogP contribution in [-0.4, -0.2) is 41.2 Å². The van der Waals surface area contributed by atoms with Gasteiger partial charge in [-0.15, -0.1) is 11.8 Å². The minimum atomic E-state index is -0.530. The lowest BCUT2D eigenvalue weighted by Gasteiger charge is -2.33. The first kappa shape index (κ1) is 25.8. The van der Waals surface area contributed by atoms with Crippen LogP contribution in [0.25, 0.3) is 0 Å². The van der Waals surface area contributed by atoms with Gasteiger partial charge in [0.05, 0.1) is 7.11 Å². The molecule has 0 aromatic heterocycles. The molecule has 0 fully saturated rings. The van der Waals surface area contributed by atoms with E-state index in [1.807, 2.05) is 52.0 Å². The van der Waals surface area contributed by atoms with E-state index >= 15 is 0 Å². The average Bonchev–Trinajstić information content (AvgIpc) is 2.73. The summed E-state index contributed by atoms with van der Waals surface area (Å²) in [5.74, 6) is 1.25. The Morgan fingerprint density at radius 2 is 1.81 bits per heavy atom. The lowest BCUT2D eigenvalue weighted by atomic mass is 10.1. The van der Waals surface area contributed by atoms with Crippen molar-refractivity contribution in [2.75, 3.05) is 12.9 Å². The van der Waals surface area contributed by atoms with Crippen LogP contribution in [0.3, 0.4) is 0 Å². The number of thioether (sulfide) groups is 1. The highest BCUT2D eigenvalue weighted by Gasteiger charge is 2.30. The van der Waals surface area contributed by atoms with Crippen LogP contribution in [0, 0.1) is 6.92 Å². The second-order valence-electron chi connectivity index (χ2n) is 8.95. The Kier molecular flexibility index (Phi) is 9.63. The second-order valence-corrected chi connectivity index (χ2v) is 10.1. The Balaban J connectivity index is 2.17. The smallest absolute Gasteiger partial charge is 0.243 e. The monoisotopic (exact) mass is 456 g/mol. The average molecular weight is 457 g/mol. The van der Waals surface area contributed by atoms with Crippen molar-refractivity contribution >= 4 is 23.6 Å². The van der Waals surface area contributed by atoms with Crippen molar-refractivity contribution in [2.24, 2.45) is 0 Å². The van der Waals surface area contributed by atoms with Crippen LogP contribution in [0.2, 0.25) is 0 Å². The first-order valence-electron chi connectivity index (χ1n) is 11.1. The van der Waals surface area contributed by atoms with E-state index in [0.717, 1.165) is 16.2 Å². The number of hydrogen-bond acceptors (Lipinski definition) is 4. The topological polar surface area (TPSA) is 58.6 Å². The molecule has 2 rings (SSSR count). The molecule has 0 saturated carbocycles. The third-order valence-electron chi connectivity index (χ3n) is 4.98. The van der Waals surface area contributed by atoms with Gasteiger partial charge in [-0.25, -0.2) is 0 Å². The maximum absolute atomic E-state index is 13.3. The minimum Gasteiger partial charge on any atom is -0.497 e. The number of nitrogens with one attached hydrogen (secondary N) is 1.